The highest BCUT2D eigenvalue weighted by Crippen LogP contribution is 2.46. The normalized spacial score (nSPS) is 13.2. The Morgan fingerprint density at radius 3 is 2.05 bits per heavy atom. The first kappa shape index (κ1) is 19.5. The summed E-state index contributed by atoms with van der Waals surface area (Å²) in [5, 5.41) is 5.20. The molecule has 0 saturated carbocycles. The first-order valence-corrected chi connectivity index (χ1v) is 13.1. The number of benzene rings is 5. The molecule has 37 heavy (non-hydrogen) atoms. The van der Waals surface area contributed by atoms with Crippen LogP contribution in [0.2, 0.25) is 0 Å². The van der Waals surface area contributed by atoms with Gasteiger partial charge in [-0.2, -0.15) is 4.57 Å². The van der Waals surface area contributed by atoms with Crippen molar-refractivity contribution >= 4 is 32.6 Å². The average molecular weight is 472 g/mol. The number of pyridine rings is 1. The van der Waals surface area contributed by atoms with Crippen LogP contribution in [-0.4, -0.2) is 4.57 Å². The molecule has 2 nitrogen and oxygen atoms in total. The van der Waals surface area contributed by atoms with Crippen LogP contribution in [-0.2, 0) is 12.8 Å². The van der Waals surface area contributed by atoms with E-state index in [0.717, 1.165) is 12.8 Å². The fraction of sp³-hybridized carbons (Fsp3) is 0.0571. The maximum Gasteiger partial charge on any atom is 0.214 e. The lowest BCUT2D eigenvalue weighted by atomic mass is 9.97. The average Bonchev–Trinajstić information content (AvgIpc) is 3.61. The second-order valence-electron chi connectivity index (χ2n) is 10.4. The Hall–Kier alpha value is -4.69. The van der Waals surface area contributed by atoms with E-state index in [1.807, 2.05) is 0 Å². The molecule has 172 valence electrons. The predicted octanol–water partition coefficient (Wildman–Crippen LogP) is 7.69. The minimum absolute atomic E-state index is 0.946. The molecule has 0 radical (unpaired) electrons. The summed E-state index contributed by atoms with van der Waals surface area (Å²) in [5.41, 5.74) is 13.5. The Bertz CT molecular complexity index is 2040. The van der Waals surface area contributed by atoms with Crippen molar-refractivity contribution in [1.82, 2.24) is 4.57 Å². The molecule has 7 aromatic rings. The van der Waals surface area contributed by atoms with Crippen molar-refractivity contribution in [2.75, 3.05) is 0 Å². The lowest BCUT2D eigenvalue weighted by molar-refractivity contribution is -0.604. The maximum absolute atomic E-state index is 2.53. The van der Waals surface area contributed by atoms with Gasteiger partial charge in [0.1, 0.15) is 0 Å². The van der Waals surface area contributed by atoms with Crippen LogP contribution in [0.5, 0.6) is 0 Å². The van der Waals surface area contributed by atoms with Crippen molar-refractivity contribution in [3.05, 3.63) is 138 Å². The third-order valence-corrected chi connectivity index (χ3v) is 8.45. The Balaban J connectivity index is 1.45. The van der Waals surface area contributed by atoms with Crippen molar-refractivity contribution in [2.45, 2.75) is 12.8 Å². The molecule has 3 heterocycles. The van der Waals surface area contributed by atoms with Crippen LogP contribution in [0.25, 0.3) is 55.1 Å². The van der Waals surface area contributed by atoms with Crippen LogP contribution >= 0.6 is 0 Å². The van der Waals surface area contributed by atoms with Gasteiger partial charge in [-0.15, -0.1) is 0 Å². The van der Waals surface area contributed by atoms with E-state index in [-0.39, 0.29) is 0 Å². The third-order valence-electron chi connectivity index (χ3n) is 8.45. The highest BCUT2D eigenvalue weighted by atomic mass is 15.0. The van der Waals surface area contributed by atoms with E-state index in [2.05, 4.69) is 124 Å². The number of hydrogen-bond acceptors (Lipinski definition) is 0. The second kappa shape index (κ2) is 6.96. The van der Waals surface area contributed by atoms with E-state index in [1.165, 1.54) is 77.6 Å². The molecule has 0 N–H and O–H groups in total. The smallest absolute Gasteiger partial charge is 0.214 e. The standard InChI is InChI=1S/C35H23N2/c1-3-11-26-22(9-1)19-24-21-33-29(18-17-25-20-23-10-2-6-14-30(23)36(25)33)34(24)35(26)37-31-15-7-4-12-27(31)28-13-5-8-16-32(28)37/h1-19H,20-21H2/q+1. The zero-order valence-corrected chi connectivity index (χ0v) is 20.3. The first-order chi connectivity index (χ1) is 18.4. The van der Waals surface area contributed by atoms with Crippen molar-refractivity contribution in [3.63, 3.8) is 0 Å². The molecule has 1 aliphatic carbocycles. The Morgan fingerprint density at radius 1 is 0.568 bits per heavy atom. The summed E-state index contributed by atoms with van der Waals surface area (Å²) in [6.07, 6.45) is 1.95. The molecule has 2 aliphatic rings. The van der Waals surface area contributed by atoms with Gasteiger partial charge in [0.25, 0.3) is 0 Å². The van der Waals surface area contributed by atoms with Gasteiger partial charge in [-0.25, -0.2) is 0 Å². The van der Waals surface area contributed by atoms with Gasteiger partial charge in [-0.1, -0.05) is 78.9 Å². The zero-order chi connectivity index (χ0) is 24.1. The summed E-state index contributed by atoms with van der Waals surface area (Å²) < 4.78 is 5.05. The SMILES string of the molecule is c1ccc2c(c1)Cc1ccc3c([n+]1-2)Cc1cc2ccccc2c(-n2c4ccccc4c4ccccc42)c1-3. The van der Waals surface area contributed by atoms with Crippen molar-refractivity contribution in [2.24, 2.45) is 0 Å². The molecule has 1 aliphatic heterocycles. The number of rotatable bonds is 1. The molecule has 0 amide bonds. The van der Waals surface area contributed by atoms with Crippen LogP contribution in [0.3, 0.4) is 0 Å². The van der Waals surface area contributed by atoms with Gasteiger partial charge in [0.2, 0.25) is 5.69 Å². The van der Waals surface area contributed by atoms with E-state index in [1.54, 1.807) is 0 Å². The Kier molecular flexibility index (Phi) is 3.66. The minimum atomic E-state index is 0.946. The van der Waals surface area contributed by atoms with Gasteiger partial charge in [-0.05, 0) is 35.2 Å². The van der Waals surface area contributed by atoms with Crippen LogP contribution < -0.4 is 4.57 Å². The van der Waals surface area contributed by atoms with E-state index < -0.39 is 0 Å². The van der Waals surface area contributed by atoms with Crippen LogP contribution in [0.1, 0.15) is 22.5 Å². The number of hydrogen-bond donors (Lipinski definition) is 0. The molecule has 0 fully saturated rings. The molecule has 0 bridgehead atoms. The molecule has 5 aromatic carbocycles. The maximum atomic E-state index is 2.53. The predicted molar refractivity (Wildman–Crippen MR) is 151 cm³/mol. The lowest BCUT2D eigenvalue weighted by Gasteiger charge is -2.17. The number of fused-ring (bicyclic) bond motifs is 11. The van der Waals surface area contributed by atoms with E-state index >= 15 is 0 Å². The van der Waals surface area contributed by atoms with Crippen molar-refractivity contribution in [1.29, 1.82) is 0 Å². The second-order valence-corrected chi connectivity index (χ2v) is 10.4. The molecule has 0 spiro atoms. The Morgan fingerprint density at radius 2 is 1.24 bits per heavy atom. The van der Waals surface area contributed by atoms with E-state index in [0.29, 0.717) is 0 Å². The molecular weight excluding hydrogens is 448 g/mol. The molecule has 0 saturated heterocycles. The van der Waals surface area contributed by atoms with Crippen LogP contribution in [0.15, 0.2) is 115 Å². The number of nitrogens with zero attached hydrogens (tertiary/aromatic N) is 2. The largest absolute Gasteiger partial charge is 0.308 e. The minimum Gasteiger partial charge on any atom is -0.308 e. The fourth-order valence-electron chi connectivity index (χ4n) is 6.96. The first-order valence-electron chi connectivity index (χ1n) is 13.1. The quantitative estimate of drug-likeness (QED) is 0.217. The summed E-state index contributed by atoms with van der Waals surface area (Å²) in [7, 11) is 0. The number of para-hydroxylation sites is 3. The number of aromatic nitrogens is 2. The summed E-state index contributed by atoms with van der Waals surface area (Å²) >= 11 is 0. The van der Waals surface area contributed by atoms with Crippen molar-refractivity contribution < 1.29 is 4.57 Å². The van der Waals surface area contributed by atoms with Gasteiger partial charge in [0.05, 0.1) is 35.1 Å². The highest BCUT2D eigenvalue weighted by molar-refractivity contribution is 6.12. The van der Waals surface area contributed by atoms with E-state index in [9.17, 15) is 0 Å². The molecular formula is C35H23N2+. The molecule has 2 aromatic heterocycles. The topological polar surface area (TPSA) is 8.81 Å². The van der Waals surface area contributed by atoms with Gasteiger partial charge < -0.3 is 4.57 Å². The van der Waals surface area contributed by atoms with Gasteiger partial charge in [0.15, 0.2) is 11.4 Å². The van der Waals surface area contributed by atoms with Gasteiger partial charge in [0, 0.05) is 39.4 Å². The third kappa shape index (κ3) is 2.47. The lowest BCUT2D eigenvalue weighted by Crippen LogP contribution is -2.36. The summed E-state index contributed by atoms with van der Waals surface area (Å²) in [6.45, 7) is 0. The summed E-state index contributed by atoms with van der Waals surface area (Å²) in [5.74, 6) is 0. The van der Waals surface area contributed by atoms with Crippen LogP contribution in [0.4, 0.5) is 0 Å². The molecule has 0 unspecified atom stereocenters. The summed E-state index contributed by atoms with van der Waals surface area (Å²) in [6, 6.07) is 42.6. The van der Waals surface area contributed by atoms with Gasteiger partial charge in [-0.3, -0.25) is 0 Å². The van der Waals surface area contributed by atoms with Crippen LogP contribution in [0, 0.1) is 0 Å². The van der Waals surface area contributed by atoms with E-state index in [4.69, 9.17) is 0 Å². The summed E-state index contributed by atoms with van der Waals surface area (Å²) in [4.78, 5) is 0. The highest BCUT2D eigenvalue weighted by Gasteiger charge is 2.37. The monoisotopic (exact) mass is 471 g/mol. The molecule has 9 rings (SSSR count). The molecule has 0 atom stereocenters. The fourth-order valence-corrected chi connectivity index (χ4v) is 6.96. The van der Waals surface area contributed by atoms with Crippen molar-refractivity contribution in [3.8, 4) is 22.5 Å². The van der Waals surface area contributed by atoms with Gasteiger partial charge >= 0.3 is 0 Å². The molecule has 2 heteroatoms. The zero-order valence-electron chi connectivity index (χ0n) is 20.3. The Labute approximate surface area is 214 Å².